The predicted molar refractivity (Wildman–Crippen MR) is 52.1 cm³/mol. The van der Waals surface area contributed by atoms with Crippen LogP contribution in [0.5, 0.6) is 0 Å². The SMILES string of the molecule is CN1C(=O)N(C)C2(OCCO)NC(=O)NC12. The topological polar surface area (TPSA) is 94.1 Å². The van der Waals surface area contributed by atoms with Gasteiger partial charge in [0.1, 0.15) is 0 Å². The van der Waals surface area contributed by atoms with E-state index in [9.17, 15) is 9.59 Å². The molecule has 0 aliphatic carbocycles. The van der Waals surface area contributed by atoms with Gasteiger partial charge < -0.3 is 20.1 Å². The van der Waals surface area contributed by atoms with E-state index in [4.69, 9.17) is 9.84 Å². The third kappa shape index (κ3) is 1.23. The zero-order valence-corrected chi connectivity index (χ0v) is 9.06. The molecular weight excluding hydrogens is 216 g/mol. The molecule has 0 bridgehead atoms. The van der Waals surface area contributed by atoms with E-state index < -0.39 is 18.0 Å². The predicted octanol–water partition coefficient (Wildman–Crippen LogP) is -1.71. The summed E-state index contributed by atoms with van der Waals surface area (Å²) in [6.07, 6.45) is -0.593. The number of amides is 4. The Bertz CT molecular complexity index is 336. The minimum atomic E-state index is -1.23. The monoisotopic (exact) mass is 230 g/mol. The quantitative estimate of drug-likeness (QED) is 0.538. The molecule has 0 spiro atoms. The van der Waals surface area contributed by atoms with E-state index in [-0.39, 0.29) is 19.2 Å². The number of hydrogen-bond donors (Lipinski definition) is 3. The van der Waals surface area contributed by atoms with Gasteiger partial charge in [-0.3, -0.25) is 10.2 Å². The van der Waals surface area contributed by atoms with Gasteiger partial charge in [-0.15, -0.1) is 0 Å². The van der Waals surface area contributed by atoms with E-state index >= 15 is 0 Å². The highest BCUT2D eigenvalue weighted by atomic mass is 16.6. The van der Waals surface area contributed by atoms with Gasteiger partial charge in [0.15, 0.2) is 6.17 Å². The zero-order chi connectivity index (χ0) is 11.9. The molecule has 0 saturated carbocycles. The summed E-state index contributed by atoms with van der Waals surface area (Å²) in [4.78, 5) is 25.7. The van der Waals surface area contributed by atoms with Crippen molar-refractivity contribution >= 4 is 12.1 Å². The maximum Gasteiger partial charge on any atom is 0.325 e. The van der Waals surface area contributed by atoms with Gasteiger partial charge in [-0.05, 0) is 0 Å². The zero-order valence-electron chi connectivity index (χ0n) is 9.06. The third-order valence-electron chi connectivity index (χ3n) is 2.82. The average molecular weight is 230 g/mol. The first-order chi connectivity index (χ1) is 7.53. The normalized spacial score (nSPS) is 32.8. The number of carbonyl (C=O) groups excluding carboxylic acids is 2. The lowest BCUT2D eigenvalue weighted by atomic mass is 10.3. The molecular formula is C8H14N4O4. The Kier molecular flexibility index (Phi) is 2.39. The second-order valence-corrected chi connectivity index (χ2v) is 3.72. The van der Waals surface area contributed by atoms with Gasteiger partial charge in [-0.1, -0.05) is 0 Å². The first-order valence-electron chi connectivity index (χ1n) is 4.87. The van der Waals surface area contributed by atoms with E-state index in [2.05, 4.69) is 10.6 Å². The summed E-state index contributed by atoms with van der Waals surface area (Å²) in [5.41, 5.74) is 0. The van der Waals surface area contributed by atoms with Crippen LogP contribution < -0.4 is 10.6 Å². The van der Waals surface area contributed by atoms with E-state index in [0.29, 0.717) is 0 Å². The number of ether oxygens (including phenoxy) is 1. The summed E-state index contributed by atoms with van der Waals surface area (Å²) in [5, 5.41) is 13.9. The number of carbonyl (C=O) groups is 2. The second kappa shape index (κ2) is 3.49. The van der Waals surface area contributed by atoms with Crippen molar-refractivity contribution in [2.75, 3.05) is 27.3 Å². The van der Waals surface area contributed by atoms with Crippen LogP contribution in [0, 0.1) is 0 Å². The molecule has 16 heavy (non-hydrogen) atoms. The molecule has 8 heteroatoms. The molecule has 2 atom stereocenters. The number of urea groups is 2. The largest absolute Gasteiger partial charge is 0.394 e. The average Bonchev–Trinajstić information content (AvgIpc) is 2.68. The Morgan fingerprint density at radius 3 is 2.81 bits per heavy atom. The lowest BCUT2D eigenvalue weighted by Gasteiger charge is -2.32. The number of fused-ring (bicyclic) bond motifs is 1. The number of nitrogens with one attached hydrogen (secondary N) is 2. The van der Waals surface area contributed by atoms with Crippen LogP contribution in [0.3, 0.4) is 0 Å². The number of aliphatic hydroxyl groups excluding tert-OH is 1. The minimum absolute atomic E-state index is 0.0317. The van der Waals surface area contributed by atoms with Crippen molar-refractivity contribution in [2.24, 2.45) is 0 Å². The Morgan fingerprint density at radius 2 is 2.19 bits per heavy atom. The molecule has 2 aliphatic rings. The molecule has 2 fully saturated rings. The fourth-order valence-corrected chi connectivity index (χ4v) is 2.02. The highest BCUT2D eigenvalue weighted by molar-refractivity contribution is 5.85. The van der Waals surface area contributed by atoms with E-state index in [1.54, 1.807) is 7.05 Å². The molecule has 8 nitrogen and oxygen atoms in total. The van der Waals surface area contributed by atoms with Gasteiger partial charge >= 0.3 is 12.1 Å². The molecule has 2 aliphatic heterocycles. The Labute approximate surface area is 92.1 Å². The number of nitrogens with zero attached hydrogens (tertiary/aromatic N) is 2. The van der Waals surface area contributed by atoms with Crippen molar-refractivity contribution < 1.29 is 19.4 Å². The Morgan fingerprint density at radius 1 is 1.50 bits per heavy atom. The van der Waals surface area contributed by atoms with E-state index in [1.807, 2.05) is 0 Å². The van der Waals surface area contributed by atoms with Crippen LogP contribution in [0.4, 0.5) is 9.59 Å². The van der Waals surface area contributed by atoms with Gasteiger partial charge in [0, 0.05) is 14.1 Å². The highest BCUT2D eigenvalue weighted by Crippen LogP contribution is 2.31. The van der Waals surface area contributed by atoms with Crippen LogP contribution >= 0.6 is 0 Å². The van der Waals surface area contributed by atoms with E-state index in [0.717, 1.165) is 0 Å². The van der Waals surface area contributed by atoms with Gasteiger partial charge in [-0.2, -0.15) is 0 Å². The lowest BCUT2D eigenvalue weighted by molar-refractivity contribution is -0.142. The van der Waals surface area contributed by atoms with Crippen LogP contribution in [-0.2, 0) is 4.74 Å². The molecule has 0 aromatic carbocycles. The fraction of sp³-hybridized carbons (Fsp3) is 0.750. The summed E-state index contributed by atoms with van der Waals surface area (Å²) in [6.45, 7) is -0.153. The molecule has 0 radical (unpaired) electrons. The van der Waals surface area contributed by atoms with Gasteiger partial charge in [0.05, 0.1) is 13.2 Å². The molecule has 2 heterocycles. The number of likely N-dealkylation sites (N-methyl/N-ethyl adjacent to an activating group) is 2. The molecule has 2 unspecified atom stereocenters. The van der Waals surface area contributed by atoms with Crippen LogP contribution in [0.25, 0.3) is 0 Å². The maximum absolute atomic E-state index is 11.7. The van der Waals surface area contributed by atoms with E-state index in [1.165, 1.54) is 16.8 Å². The van der Waals surface area contributed by atoms with Crippen LogP contribution in [-0.4, -0.2) is 66.3 Å². The number of rotatable bonds is 3. The number of aliphatic hydroxyl groups is 1. The molecule has 4 amide bonds. The summed E-state index contributed by atoms with van der Waals surface area (Å²) < 4.78 is 5.41. The van der Waals surface area contributed by atoms with Crippen molar-refractivity contribution in [1.82, 2.24) is 20.4 Å². The van der Waals surface area contributed by atoms with Gasteiger partial charge in [-0.25, -0.2) is 9.59 Å². The number of hydrogen-bond acceptors (Lipinski definition) is 4. The molecule has 3 N–H and O–H groups in total. The standard InChI is InChI=1S/C8H14N4O4/c1-11-5-8(16-4-3-13,10-6(14)9-5)12(2)7(11)15/h5,13H,3-4H2,1-2H3,(H2,9,10,14). The smallest absolute Gasteiger partial charge is 0.325 e. The summed E-state index contributed by atoms with van der Waals surface area (Å²) in [7, 11) is 3.10. The molecule has 2 saturated heterocycles. The Balaban J connectivity index is 2.29. The Hall–Kier alpha value is -1.54. The molecule has 2 rings (SSSR count). The van der Waals surface area contributed by atoms with Crippen molar-refractivity contribution in [2.45, 2.75) is 12.0 Å². The van der Waals surface area contributed by atoms with Crippen LogP contribution in [0.1, 0.15) is 0 Å². The summed E-state index contributed by atoms with van der Waals surface area (Å²) >= 11 is 0. The first-order valence-corrected chi connectivity index (χ1v) is 4.87. The van der Waals surface area contributed by atoms with Crippen molar-refractivity contribution in [3.8, 4) is 0 Å². The van der Waals surface area contributed by atoms with Crippen LogP contribution in [0.15, 0.2) is 0 Å². The van der Waals surface area contributed by atoms with Crippen molar-refractivity contribution in [3.63, 3.8) is 0 Å². The molecule has 90 valence electrons. The summed E-state index contributed by atoms with van der Waals surface area (Å²) in [6, 6.07) is -0.676. The van der Waals surface area contributed by atoms with Gasteiger partial charge in [0.25, 0.3) is 5.85 Å². The molecule has 0 aromatic heterocycles. The minimum Gasteiger partial charge on any atom is -0.394 e. The van der Waals surface area contributed by atoms with Gasteiger partial charge in [0.2, 0.25) is 0 Å². The summed E-state index contributed by atoms with van der Waals surface area (Å²) in [5.74, 6) is -1.23. The lowest BCUT2D eigenvalue weighted by Crippen LogP contribution is -2.59. The van der Waals surface area contributed by atoms with Crippen molar-refractivity contribution in [3.05, 3.63) is 0 Å². The second-order valence-electron chi connectivity index (χ2n) is 3.72. The maximum atomic E-state index is 11.7. The molecule has 0 aromatic rings. The van der Waals surface area contributed by atoms with Crippen LogP contribution in [0.2, 0.25) is 0 Å². The highest BCUT2D eigenvalue weighted by Gasteiger charge is 2.61. The fourth-order valence-electron chi connectivity index (χ4n) is 2.02. The third-order valence-corrected chi connectivity index (χ3v) is 2.82. The van der Waals surface area contributed by atoms with Crippen molar-refractivity contribution in [1.29, 1.82) is 0 Å². The first kappa shape index (κ1) is 11.0.